The summed E-state index contributed by atoms with van der Waals surface area (Å²) in [4.78, 5) is 12.2. The van der Waals surface area contributed by atoms with Crippen molar-refractivity contribution in [1.29, 1.82) is 0 Å². The minimum Gasteiger partial charge on any atom is -0.495 e. The summed E-state index contributed by atoms with van der Waals surface area (Å²) in [6.45, 7) is 1.83. The number of halogens is 2. The van der Waals surface area contributed by atoms with Gasteiger partial charge in [0.1, 0.15) is 11.6 Å². The number of carbonyl (C=O) groups excluding carboxylic acids is 1. The first-order valence-corrected chi connectivity index (χ1v) is 6.79. The summed E-state index contributed by atoms with van der Waals surface area (Å²) in [6.07, 6.45) is 0. The third kappa shape index (κ3) is 3.73. The van der Waals surface area contributed by atoms with Crippen LogP contribution in [0.1, 0.15) is 28.9 Å². The van der Waals surface area contributed by atoms with Crippen molar-refractivity contribution in [3.63, 3.8) is 0 Å². The average Bonchev–Trinajstić information content (AvgIpc) is 2.47. The molecule has 2 aromatic rings. The molecule has 0 aliphatic heterocycles. The maximum absolute atomic E-state index is 12.9. The molecule has 0 saturated heterocycles. The lowest BCUT2D eigenvalue weighted by atomic mass is 10.1. The second-order valence-electron chi connectivity index (χ2n) is 4.60. The van der Waals surface area contributed by atoms with E-state index < -0.39 is 0 Å². The summed E-state index contributed by atoms with van der Waals surface area (Å²) >= 11 is 6.00. The molecule has 0 radical (unpaired) electrons. The fourth-order valence-corrected chi connectivity index (χ4v) is 2.18. The van der Waals surface area contributed by atoms with Gasteiger partial charge in [-0.2, -0.15) is 0 Å². The molecule has 0 fully saturated rings. The molecule has 3 nitrogen and oxygen atoms in total. The highest BCUT2D eigenvalue weighted by molar-refractivity contribution is 6.32. The maximum Gasteiger partial charge on any atom is 0.251 e. The highest BCUT2D eigenvalue weighted by atomic mass is 35.5. The van der Waals surface area contributed by atoms with Crippen LogP contribution in [0.2, 0.25) is 5.02 Å². The zero-order chi connectivity index (χ0) is 15.4. The van der Waals surface area contributed by atoms with Crippen LogP contribution in [0, 0.1) is 5.82 Å². The van der Waals surface area contributed by atoms with Crippen LogP contribution in [0.5, 0.6) is 5.75 Å². The Balaban J connectivity index is 2.10. The molecule has 5 heteroatoms. The molecule has 0 heterocycles. The molecule has 2 aromatic carbocycles. The van der Waals surface area contributed by atoms with Gasteiger partial charge in [0.05, 0.1) is 18.2 Å². The lowest BCUT2D eigenvalue weighted by molar-refractivity contribution is 0.0940. The molecule has 0 spiro atoms. The SMILES string of the molecule is COc1ccc(C(=O)N[C@@H](C)c2ccc(F)cc2)cc1Cl. The standard InChI is InChI=1S/C16H15ClFNO2/c1-10(11-3-6-13(18)7-4-11)19-16(20)12-5-8-15(21-2)14(17)9-12/h3-10H,1-2H3,(H,19,20)/t10-/m0/s1. The molecule has 0 aliphatic rings. The minimum atomic E-state index is -0.306. The first kappa shape index (κ1) is 15.3. The van der Waals surface area contributed by atoms with Gasteiger partial charge in [-0.1, -0.05) is 23.7 Å². The van der Waals surface area contributed by atoms with Gasteiger partial charge in [0.15, 0.2) is 0 Å². The number of ether oxygens (including phenoxy) is 1. The summed E-state index contributed by atoms with van der Waals surface area (Å²) in [5.41, 5.74) is 1.26. The van der Waals surface area contributed by atoms with Gasteiger partial charge in [0.2, 0.25) is 0 Å². The number of hydrogen-bond donors (Lipinski definition) is 1. The average molecular weight is 308 g/mol. The lowest BCUT2D eigenvalue weighted by Gasteiger charge is -2.15. The van der Waals surface area contributed by atoms with Crippen LogP contribution < -0.4 is 10.1 Å². The quantitative estimate of drug-likeness (QED) is 0.928. The Morgan fingerprint density at radius 1 is 1.24 bits per heavy atom. The van der Waals surface area contributed by atoms with E-state index in [2.05, 4.69) is 5.32 Å². The van der Waals surface area contributed by atoms with Gasteiger partial charge >= 0.3 is 0 Å². The van der Waals surface area contributed by atoms with Crippen molar-refractivity contribution in [1.82, 2.24) is 5.32 Å². The molecule has 110 valence electrons. The number of amides is 1. The second kappa shape index (κ2) is 6.59. The van der Waals surface area contributed by atoms with Crippen molar-refractivity contribution < 1.29 is 13.9 Å². The molecular weight excluding hydrogens is 293 g/mol. The fraction of sp³-hybridized carbons (Fsp3) is 0.188. The van der Waals surface area contributed by atoms with E-state index in [0.717, 1.165) is 5.56 Å². The van der Waals surface area contributed by atoms with Crippen molar-refractivity contribution >= 4 is 17.5 Å². The largest absolute Gasteiger partial charge is 0.495 e. The number of nitrogens with one attached hydrogen (secondary N) is 1. The fourth-order valence-electron chi connectivity index (χ4n) is 1.92. The molecule has 0 bridgehead atoms. The van der Waals surface area contributed by atoms with E-state index in [1.165, 1.54) is 19.2 Å². The molecule has 2 rings (SSSR count). The number of carbonyl (C=O) groups is 1. The number of rotatable bonds is 4. The molecule has 0 unspecified atom stereocenters. The zero-order valence-corrected chi connectivity index (χ0v) is 12.4. The summed E-state index contributed by atoms with van der Waals surface area (Å²) in [5.74, 6) is -0.0459. The minimum absolute atomic E-state index is 0.237. The van der Waals surface area contributed by atoms with Crippen LogP contribution in [0.3, 0.4) is 0 Å². The summed E-state index contributed by atoms with van der Waals surface area (Å²) in [6, 6.07) is 10.6. The Morgan fingerprint density at radius 3 is 2.48 bits per heavy atom. The van der Waals surface area contributed by atoms with Crippen molar-refractivity contribution in [3.05, 3.63) is 64.4 Å². The highest BCUT2D eigenvalue weighted by Gasteiger charge is 2.13. The number of methoxy groups -OCH3 is 1. The predicted octanol–water partition coefficient (Wildman–Crippen LogP) is 3.98. The number of hydrogen-bond acceptors (Lipinski definition) is 2. The van der Waals surface area contributed by atoms with Crippen molar-refractivity contribution in [2.45, 2.75) is 13.0 Å². The Hall–Kier alpha value is -2.07. The highest BCUT2D eigenvalue weighted by Crippen LogP contribution is 2.25. The zero-order valence-electron chi connectivity index (χ0n) is 11.7. The summed E-state index contributed by atoms with van der Waals surface area (Å²) in [5, 5.41) is 3.21. The predicted molar refractivity (Wildman–Crippen MR) is 80.3 cm³/mol. The van der Waals surface area contributed by atoms with E-state index in [1.807, 2.05) is 6.92 Å². The Labute approximate surface area is 127 Å². The van der Waals surface area contributed by atoms with E-state index in [0.29, 0.717) is 16.3 Å². The lowest BCUT2D eigenvalue weighted by Crippen LogP contribution is -2.26. The number of benzene rings is 2. The molecule has 1 atom stereocenters. The first-order valence-electron chi connectivity index (χ1n) is 6.41. The summed E-state index contributed by atoms with van der Waals surface area (Å²) in [7, 11) is 1.51. The van der Waals surface area contributed by atoms with Crippen molar-refractivity contribution in [2.75, 3.05) is 7.11 Å². The van der Waals surface area contributed by atoms with Gasteiger partial charge in [0, 0.05) is 5.56 Å². The van der Waals surface area contributed by atoms with Crippen LogP contribution in [0.15, 0.2) is 42.5 Å². The normalized spacial score (nSPS) is 11.8. The maximum atomic E-state index is 12.9. The van der Waals surface area contributed by atoms with Gasteiger partial charge in [-0.25, -0.2) is 4.39 Å². The Morgan fingerprint density at radius 2 is 1.90 bits per heavy atom. The van der Waals surface area contributed by atoms with E-state index in [9.17, 15) is 9.18 Å². The van der Waals surface area contributed by atoms with Crippen LogP contribution in [0.25, 0.3) is 0 Å². The van der Waals surface area contributed by atoms with E-state index in [-0.39, 0.29) is 17.8 Å². The first-order chi connectivity index (χ1) is 10.0. The topological polar surface area (TPSA) is 38.3 Å². The molecule has 0 aliphatic carbocycles. The molecular formula is C16H15ClFNO2. The van der Waals surface area contributed by atoms with Crippen molar-refractivity contribution in [3.8, 4) is 5.75 Å². The van der Waals surface area contributed by atoms with Gasteiger partial charge in [-0.05, 0) is 42.8 Å². The molecule has 1 N–H and O–H groups in total. The molecule has 0 saturated carbocycles. The van der Waals surface area contributed by atoms with Gasteiger partial charge in [-0.15, -0.1) is 0 Å². The third-order valence-electron chi connectivity index (χ3n) is 3.13. The smallest absolute Gasteiger partial charge is 0.251 e. The van der Waals surface area contributed by atoms with Crippen molar-refractivity contribution in [2.24, 2.45) is 0 Å². The Bertz CT molecular complexity index is 643. The van der Waals surface area contributed by atoms with Crippen LogP contribution in [0.4, 0.5) is 4.39 Å². The van der Waals surface area contributed by atoms with Crippen LogP contribution >= 0.6 is 11.6 Å². The van der Waals surface area contributed by atoms with Crippen LogP contribution in [-0.4, -0.2) is 13.0 Å². The van der Waals surface area contributed by atoms with E-state index in [4.69, 9.17) is 16.3 Å². The van der Waals surface area contributed by atoms with Gasteiger partial charge < -0.3 is 10.1 Å². The molecule has 21 heavy (non-hydrogen) atoms. The van der Waals surface area contributed by atoms with Gasteiger partial charge in [-0.3, -0.25) is 4.79 Å². The van der Waals surface area contributed by atoms with E-state index in [1.54, 1.807) is 30.3 Å². The third-order valence-corrected chi connectivity index (χ3v) is 3.43. The Kier molecular flexibility index (Phi) is 4.81. The van der Waals surface area contributed by atoms with E-state index >= 15 is 0 Å². The second-order valence-corrected chi connectivity index (χ2v) is 5.00. The molecule has 0 aromatic heterocycles. The van der Waals surface area contributed by atoms with Gasteiger partial charge in [0.25, 0.3) is 5.91 Å². The summed E-state index contributed by atoms with van der Waals surface area (Å²) < 4.78 is 17.9. The molecule has 1 amide bonds. The van der Waals surface area contributed by atoms with Crippen LogP contribution in [-0.2, 0) is 0 Å². The monoisotopic (exact) mass is 307 g/mol.